The first-order chi connectivity index (χ1) is 8.79. The maximum absolute atomic E-state index is 12.5. The summed E-state index contributed by atoms with van der Waals surface area (Å²) in [5.41, 5.74) is -0.362. The van der Waals surface area contributed by atoms with Crippen LogP contribution in [-0.4, -0.2) is 45.5 Å². The lowest BCUT2D eigenvalue weighted by molar-refractivity contribution is -0.133. The van der Waals surface area contributed by atoms with Gasteiger partial charge in [0.1, 0.15) is 9.84 Å². The number of hydrogen-bond donors (Lipinski definition) is 2. The van der Waals surface area contributed by atoms with Gasteiger partial charge in [-0.25, -0.2) is 8.42 Å². The first-order valence-electron chi connectivity index (χ1n) is 6.98. The van der Waals surface area contributed by atoms with Crippen LogP contribution in [0.2, 0.25) is 0 Å². The maximum Gasteiger partial charge on any atom is 0.227 e. The van der Waals surface area contributed by atoms with E-state index in [1.807, 2.05) is 0 Å². The first kappa shape index (κ1) is 16.4. The molecule has 112 valence electrons. The number of nitrogens with one attached hydrogen (secondary N) is 2. The summed E-state index contributed by atoms with van der Waals surface area (Å²) in [7, 11) is -3.06. The molecule has 1 heterocycles. The van der Waals surface area contributed by atoms with E-state index in [1.54, 1.807) is 6.92 Å². The number of carbonyl (C=O) groups is 1. The monoisotopic (exact) mass is 290 g/mol. The van der Waals surface area contributed by atoms with Crippen LogP contribution >= 0.6 is 0 Å². The van der Waals surface area contributed by atoms with Crippen molar-refractivity contribution >= 4 is 15.7 Å². The molecular weight excluding hydrogens is 264 g/mol. The molecular formula is C13H26N2O3S. The molecule has 0 aromatic rings. The second kappa shape index (κ2) is 6.70. The third kappa shape index (κ3) is 5.10. The average molecular weight is 290 g/mol. The first-order valence-corrected chi connectivity index (χ1v) is 9.04. The van der Waals surface area contributed by atoms with E-state index >= 15 is 0 Å². The Labute approximate surface area is 116 Å². The summed E-state index contributed by atoms with van der Waals surface area (Å²) in [5, 5.41) is 6.16. The molecule has 2 atom stereocenters. The van der Waals surface area contributed by atoms with Gasteiger partial charge in [0.05, 0.1) is 11.2 Å². The van der Waals surface area contributed by atoms with Gasteiger partial charge in [-0.05, 0) is 32.7 Å². The molecule has 0 aromatic carbocycles. The highest BCUT2D eigenvalue weighted by Crippen LogP contribution is 2.32. The van der Waals surface area contributed by atoms with Gasteiger partial charge in [-0.1, -0.05) is 13.3 Å². The number of piperidine rings is 1. The molecule has 1 amide bonds. The second-order valence-electron chi connectivity index (χ2n) is 5.78. The Kier molecular flexibility index (Phi) is 5.80. The molecule has 0 spiro atoms. The van der Waals surface area contributed by atoms with E-state index in [0.717, 1.165) is 32.2 Å². The normalized spacial score (nSPS) is 25.8. The van der Waals surface area contributed by atoms with E-state index in [0.29, 0.717) is 6.54 Å². The van der Waals surface area contributed by atoms with E-state index in [4.69, 9.17) is 0 Å². The van der Waals surface area contributed by atoms with Crippen LogP contribution in [0.4, 0.5) is 0 Å². The number of rotatable bonds is 6. The Bertz CT molecular complexity index is 395. The standard InChI is InChI=1S/C13H26N2O3S/c1-4-6-13(7-5-8-14-10-13)12(16)15-11(2)9-19(3,17)18/h11,14H,4-10H2,1-3H3,(H,15,16). The van der Waals surface area contributed by atoms with E-state index < -0.39 is 9.84 Å². The van der Waals surface area contributed by atoms with Crippen LogP contribution in [0.3, 0.4) is 0 Å². The number of hydrogen-bond acceptors (Lipinski definition) is 4. The Morgan fingerprint density at radius 1 is 1.47 bits per heavy atom. The molecule has 1 saturated heterocycles. The van der Waals surface area contributed by atoms with Crippen LogP contribution in [-0.2, 0) is 14.6 Å². The Morgan fingerprint density at radius 3 is 2.63 bits per heavy atom. The minimum Gasteiger partial charge on any atom is -0.352 e. The van der Waals surface area contributed by atoms with Crippen molar-refractivity contribution in [1.82, 2.24) is 10.6 Å². The highest BCUT2D eigenvalue weighted by Gasteiger charge is 2.39. The fourth-order valence-electron chi connectivity index (χ4n) is 2.84. The van der Waals surface area contributed by atoms with Gasteiger partial charge in [-0.15, -0.1) is 0 Å². The zero-order valence-corrected chi connectivity index (χ0v) is 13.0. The van der Waals surface area contributed by atoms with Crippen LogP contribution in [0.1, 0.15) is 39.5 Å². The lowest BCUT2D eigenvalue weighted by atomic mass is 9.76. The van der Waals surface area contributed by atoms with Gasteiger partial charge in [0.25, 0.3) is 0 Å². The molecule has 2 unspecified atom stereocenters. The number of sulfone groups is 1. The molecule has 5 nitrogen and oxygen atoms in total. The topological polar surface area (TPSA) is 75.3 Å². The number of carbonyl (C=O) groups excluding carboxylic acids is 1. The molecule has 1 fully saturated rings. The molecule has 0 bridgehead atoms. The average Bonchev–Trinajstić information content (AvgIpc) is 2.27. The van der Waals surface area contributed by atoms with Crippen LogP contribution < -0.4 is 10.6 Å². The van der Waals surface area contributed by atoms with Crippen molar-refractivity contribution in [3.63, 3.8) is 0 Å². The van der Waals surface area contributed by atoms with Gasteiger partial charge in [-0.2, -0.15) is 0 Å². The Hall–Kier alpha value is -0.620. The predicted molar refractivity (Wildman–Crippen MR) is 76.8 cm³/mol. The molecule has 1 aliphatic rings. The van der Waals surface area contributed by atoms with Crippen molar-refractivity contribution in [2.75, 3.05) is 25.1 Å². The molecule has 0 radical (unpaired) electrons. The van der Waals surface area contributed by atoms with Crippen molar-refractivity contribution in [3.8, 4) is 0 Å². The van der Waals surface area contributed by atoms with Gasteiger partial charge < -0.3 is 10.6 Å². The largest absolute Gasteiger partial charge is 0.352 e. The van der Waals surface area contributed by atoms with Crippen LogP contribution in [0.5, 0.6) is 0 Å². The molecule has 6 heteroatoms. The third-order valence-electron chi connectivity index (χ3n) is 3.61. The summed E-state index contributed by atoms with van der Waals surface area (Å²) in [6, 6.07) is -0.335. The van der Waals surface area contributed by atoms with Crippen molar-refractivity contribution in [2.45, 2.75) is 45.6 Å². The summed E-state index contributed by atoms with van der Waals surface area (Å²) in [4.78, 5) is 12.5. The second-order valence-corrected chi connectivity index (χ2v) is 7.96. The van der Waals surface area contributed by atoms with E-state index in [-0.39, 0.29) is 23.1 Å². The molecule has 0 aromatic heterocycles. The molecule has 2 N–H and O–H groups in total. The Balaban J connectivity index is 2.67. The molecule has 1 aliphatic heterocycles. The maximum atomic E-state index is 12.5. The van der Waals surface area contributed by atoms with Gasteiger partial charge >= 0.3 is 0 Å². The highest BCUT2D eigenvalue weighted by molar-refractivity contribution is 7.90. The quantitative estimate of drug-likeness (QED) is 0.755. The SMILES string of the molecule is CCCC1(C(=O)NC(C)CS(C)(=O)=O)CCCNC1. The van der Waals surface area contributed by atoms with Gasteiger partial charge in [0, 0.05) is 18.8 Å². The fourth-order valence-corrected chi connectivity index (χ4v) is 3.83. The van der Waals surface area contributed by atoms with Gasteiger partial charge in [0.2, 0.25) is 5.91 Å². The zero-order valence-electron chi connectivity index (χ0n) is 12.2. The van der Waals surface area contributed by atoms with Crippen LogP contribution in [0.25, 0.3) is 0 Å². The lowest BCUT2D eigenvalue weighted by Gasteiger charge is -2.37. The summed E-state index contributed by atoms with van der Waals surface area (Å²) < 4.78 is 22.5. The minimum absolute atomic E-state index is 0.00213. The fraction of sp³-hybridized carbons (Fsp3) is 0.923. The van der Waals surface area contributed by atoms with Gasteiger partial charge in [-0.3, -0.25) is 4.79 Å². The van der Waals surface area contributed by atoms with Crippen molar-refractivity contribution in [2.24, 2.45) is 5.41 Å². The molecule has 1 rings (SSSR count). The van der Waals surface area contributed by atoms with Crippen molar-refractivity contribution in [1.29, 1.82) is 0 Å². The van der Waals surface area contributed by atoms with E-state index in [2.05, 4.69) is 17.6 Å². The smallest absolute Gasteiger partial charge is 0.227 e. The summed E-state index contributed by atoms with van der Waals surface area (Å²) in [6.07, 6.45) is 4.87. The number of amides is 1. The summed E-state index contributed by atoms with van der Waals surface area (Å²) in [5.74, 6) is -0.00771. The van der Waals surface area contributed by atoms with Crippen molar-refractivity contribution < 1.29 is 13.2 Å². The van der Waals surface area contributed by atoms with E-state index in [9.17, 15) is 13.2 Å². The van der Waals surface area contributed by atoms with Crippen LogP contribution in [0, 0.1) is 5.41 Å². The van der Waals surface area contributed by atoms with E-state index in [1.165, 1.54) is 6.26 Å². The molecule has 19 heavy (non-hydrogen) atoms. The lowest BCUT2D eigenvalue weighted by Crippen LogP contribution is -2.53. The highest BCUT2D eigenvalue weighted by atomic mass is 32.2. The molecule has 0 aliphatic carbocycles. The zero-order chi connectivity index (χ0) is 14.5. The Morgan fingerprint density at radius 2 is 2.16 bits per heavy atom. The van der Waals surface area contributed by atoms with Crippen molar-refractivity contribution in [3.05, 3.63) is 0 Å². The molecule has 0 saturated carbocycles. The summed E-state index contributed by atoms with van der Waals surface area (Å²) in [6.45, 7) is 5.47. The third-order valence-corrected chi connectivity index (χ3v) is 4.72. The summed E-state index contributed by atoms with van der Waals surface area (Å²) >= 11 is 0. The predicted octanol–water partition coefficient (Wildman–Crippen LogP) is 0.706. The van der Waals surface area contributed by atoms with Gasteiger partial charge in [0.15, 0.2) is 0 Å². The minimum atomic E-state index is -3.06. The van der Waals surface area contributed by atoms with Crippen LogP contribution in [0.15, 0.2) is 0 Å².